The van der Waals surface area contributed by atoms with Crippen molar-refractivity contribution in [3.05, 3.63) is 0 Å². The van der Waals surface area contributed by atoms with Gasteiger partial charge in [0.2, 0.25) is 0 Å². The molecular weight excluding hydrogens is 200 g/mol. The van der Waals surface area contributed by atoms with Crippen LogP contribution in [0.25, 0.3) is 0 Å². The standard InChI is InChI=1S/C13H24N2O/c1-4-12-10-15(8-3-7-14(12)6-1)13-5-2-9-16-11-13/h12-13H,1-11H2. The fourth-order valence-corrected chi connectivity index (χ4v) is 3.58. The van der Waals surface area contributed by atoms with Crippen molar-refractivity contribution in [1.29, 1.82) is 0 Å². The highest BCUT2D eigenvalue weighted by Gasteiger charge is 2.31. The van der Waals surface area contributed by atoms with Gasteiger partial charge in [0.05, 0.1) is 6.61 Å². The van der Waals surface area contributed by atoms with E-state index in [9.17, 15) is 0 Å². The van der Waals surface area contributed by atoms with Crippen molar-refractivity contribution in [3.63, 3.8) is 0 Å². The molecule has 0 N–H and O–H groups in total. The molecular formula is C13H24N2O. The Morgan fingerprint density at radius 2 is 1.62 bits per heavy atom. The molecule has 2 unspecified atom stereocenters. The molecule has 3 nitrogen and oxygen atoms in total. The third-order valence-electron chi connectivity index (χ3n) is 4.49. The van der Waals surface area contributed by atoms with Crippen LogP contribution in [0.15, 0.2) is 0 Å². The highest BCUT2D eigenvalue weighted by Crippen LogP contribution is 2.24. The Labute approximate surface area is 98.7 Å². The van der Waals surface area contributed by atoms with Gasteiger partial charge in [-0.2, -0.15) is 0 Å². The molecule has 0 aliphatic carbocycles. The van der Waals surface area contributed by atoms with E-state index in [4.69, 9.17) is 4.74 Å². The molecule has 3 aliphatic heterocycles. The van der Waals surface area contributed by atoms with E-state index in [1.54, 1.807) is 0 Å². The van der Waals surface area contributed by atoms with Gasteiger partial charge in [0.25, 0.3) is 0 Å². The molecule has 0 aromatic rings. The fraction of sp³-hybridized carbons (Fsp3) is 1.00. The lowest BCUT2D eigenvalue weighted by Crippen LogP contribution is -2.45. The van der Waals surface area contributed by atoms with Gasteiger partial charge in [0, 0.05) is 25.2 Å². The van der Waals surface area contributed by atoms with Crippen LogP contribution in [0.4, 0.5) is 0 Å². The van der Waals surface area contributed by atoms with E-state index in [1.807, 2.05) is 0 Å². The van der Waals surface area contributed by atoms with E-state index in [-0.39, 0.29) is 0 Å². The molecule has 0 saturated carbocycles. The maximum atomic E-state index is 5.63. The zero-order chi connectivity index (χ0) is 10.8. The monoisotopic (exact) mass is 224 g/mol. The summed E-state index contributed by atoms with van der Waals surface area (Å²) in [5.74, 6) is 0. The van der Waals surface area contributed by atoms with Gasteiger partial charge in [0.15, 0.2) is 0 Å². The molecule has 3 saturated heterocycles. The highest BCUT2D eigenvalue weighted by molar-refractivity contribution is 4.87. The molecule has 92 valence electrons. The average Bonchev–Trinajstić information content (AvgIpc) is 2.68. The molecule has 3 fully saturated rings. The molecule has 2 atom stereocenters. The van der Waals surface area contributed by atoms with Crippen LogP contribution < -0.4 is 0 Å². The van der Waals surface area contributed by atoms with Gasteiger partial charge in [-0.05, 0) is 51.7 Å². The summed E-state index contributed by atoms with van der Waals surface area (Å²) < 4.78 is 5.63. The first-order valence-corrected chi connectivity index (χ1v) is 6.99. The van der Waals surface area contributed by atoms with Crippen LogP contribution in [0.2, 0.25) is 0 Å². The van der Waals surface area contributed by atoms with Gasteiger partial charge in [0.1, 0.15) is 0 Å². The summed E-state index contributed by atoms with van der Waals surface area (Å²) in [5, 5.41) is 0. The summed E-state index contributed by atoms with van der Waals surface area (Å²) in [6.07, 6.45) is 6.80. The summed E-state index contributed by atoms with van der Waals surface area (Å²) >= 11 is 0. The van der Waals surface area contributed by atoms with Gasteiger partial charge in [-0.25, -0.2) is 0 Å². The third-order valence-corrected chi connectivity index (χ3v) is 4.49. The second-order valence-electron chi connectivity index (χ2n) is 5.55. The molecule has 0 radical (unpaired) electrons. The van der Waals surface area contributed by atoms with Gasteiger partial charge in [-0.3, -0.25) is 9.80 Å². The minimum Gasteiger partial charge on any atom is -0.380 e. The van der Waals surface area contributed by atoms with Crippen LogP contribution >= 0.6 is 0 Å². The summed E-state index contributed by atoms with van der Waals surface area (Å²) in [7, 11) is 0. The van der Waals surface area contributed by atoms with E-state index in [0.29, 0.717) is 6.04 Å². The maximum Gasteiger partial charge on any atom is 0.0621 e. The summed E-state index contributed by atoms with van der Waals surface area (Å²) in [6, 6.07) is 1.57. The minimum absolute atomic E-state index is 0.717. The Kier molecular flexibility index (Phi) is 3.46. The van der Waals surface area contributed by atoms with E-state index < -0.39 is 0 Å². The smallest absolute Gasteiger partial charge is 0.0621 e. The van der Waals surface area contributed by atoms with Crippen molar-refractivity contribution in [2.24, 2.45) is 0 Å². The topological polar surface area (TPSA) is 15.7 Å². The van der Waals surface area contributed by atoms with Crippen LogP contribution in [0.3, 0.4) is 0 Å². The largest absolute Gasteiger partial charge is 0.380 e. The number of rotatable bonds is 1. The van der Waals surface area contributed by atoms with Crippen molar-refractivity contribution >= 4 is 0 Å². The van der Waals surface area contributed by atoms with E-state index in [0.717, 1.165) is 19.3 Å². The van der Waals surface area contributed by atoms with Gasteiger partial charge < -0.3 is 4.74 Å². The quantitative estimate of drug-likeness (QED) is 0.668. The lowest BCUT2D eigenvalue weighted by Gasteiger charge is -2.34. The van der Waals surface area contributed by atoms with Crippen LogP contribution in [0.5, 0.6) is 0 Å². The lowest BCUT2D eigenvalue weighted by atomic mass is 10.1. The molecule has 3 aliphatic rings. The van der Waals surface area contributed by atoms with E-state index in [2.05, 4.69) is 9.80 Å². The minimum atomic E-state index is 0.717. The molecule has 0 aromatic carbocycles. The Morgan fingerprint density at radius 3 is 2.50 bits per heavy atom. The molecule has 0 aromatic heterocycles. The molecule has 0 amide bonds. The normalized spacial score (nSPS) is 38.2. The zero-order valence-corrected chi connectivity index (χ0v) is 10.2. The van der Waals surface area contributed by atoms with E-state index in [1.165, 1.54) is 58.3 Å². The van der Waals surface area contributed by atoms with Gasteiger partial charge in [-0.1, -0.05) is 0 Å². The number of nitrogens with zero attached hydrogens (tertiary/aromatic N) is 2. The van der Waals surface area contributed by atoms with Crippen LogP contribution in [0, 0.1) is 0 Å². The molecule has 3 rings (SSSR count). The molecule has 16 heavy (non-hydrogen) atoms. The SMILES string of the molecule is C1COCC(N2CCCN3CCCC3C2)C1. The van der Waals surface area contributed by atoms with Crippen LogP contribution in [-0.2, 0) is 4.74 Å². The molecule has 0 spiro atoms. The predicted octanol–water partition coefficient (Wildman–Crippen LogP) is 1.34. The fourth-order valence-electron chi connectivity index (χ4n) is 3.58. The van der Waals surface area contributed by atoms with Crippen LogP contribution in [-0.4, -0.2) is 61.3 Å². The first-order chi connectivity index (χ1) is 7.93. The second-order valence-corrected chi connectivity index (χ2v) is 5.55. The average molecular weight is 224 g/mol. The summed E-state index contributed by atoms with van der Waals surface area (Å²) in [4.78, 5) is 5.43. The van der Waals surface area contributed by atoms with E-state index >= 15 is 0 Å². The first-order valence-electron chi connectivity index (χ1n) is 6.99. The third kappa shape index (κ3) is 2.27. The number of hydrogen-bond acceptors (Lipinski definition) is 3. The second kappa shape index (κ2) is 5.03. The molecule has 0 bridgehead atoms. The number of hydrogen-bond donors (Lipinski definition) is 0. The van der Waals surface area contributed by atoms with Gasteiger partial charge in [-0.15, -0.1) is 0 Å². The van der Waals surface area contributed by atoms with Crippen LogP contribution in [0.1, 0.15) is 32.1 Å². The van der Waals surface area contributed by atoms with Crippen molar-refractivity contribution < 1.29 is 4.74 Å². The predicted molar refractivity (Wildman–Crippen MR) is 64.6 cm³/mol. The number of fused-ring (bicyclic) bond motifs is 1. The maximum absolute atomic E-state index is 5.63. The molecule has 3 heteroatoms. The Hall–Kier alpha value is -0.120. The van der Waals surface area contributed by atoms with Crippen molar-refractivity contribution in [3.8, 4) is 0 Å². The first kappa shape index (κ1) is 11.0. The number of ether oxygens (including phenoxy) is 1. The summed E-state index contributed by atoms with van der Waals surface area (Å²) in [5.41, 5.74) is 0. The van der Waals surface area contributed by atoms with Crippen molar-refractivity contribution in [1.82, 2.24) is 9.80 Å². The zero-order valence-electron chi connectivity index (χ0n) is 10.2. The lowest BCUT2D eigenvalue weighted by molar-refractivity contribution is 0.0157. The summed E-state index contributed by atoms with van der Waals surface area (Å²) in [6.45, 7) is 7.23. The Balaban J connectivity index is 1.61. The van der Waals surface area contributed by atoms with Crippen molar-refractivity contribution in [2.75, 3.05) is 39.4 Å². The Morgan fingerprint density at radius 1 is 0.812 bits per heavy atom. The van der Waals surface area contributed by atoms with Gasteiger partial charge >= 0.3 is 0 Å². The Bertz CT molecular complexity index is 228. The highest BCUT2D eigenvalue weighted by atomic mass is 16.5. The molecule has 3 heterocycles. The van der Waals surface area contributed by atoms with Crippen molar-refractivity contribution in [2.45, 2.75) is 44.2 Å².